The third kappa shape index (κ3) is 2.31. The highest BCUT2D eigenvalue weighted by atomic mass is 16.6. The number of β-amino-alcohol motifs (C(OH)–C–C–N with tert-alkyl or cyclic N) is 1. The number of nitrogens with zero attached hydrogens (tertiary/aromatic N) is 1. The summed E-state index contributed by atoms with van der Waals surface area (Å²) in [7, 11) is 0. The standard InChI is InChI=1S/C14H19NO4/c1-13(2)14(3,18)15(12(17)19-13)9-11(16)10-7-5-4-6-8-10/h4-8,11,16,18H,9H2,1-3H3/t11-,14-/m1/s1. The molecule has 0 radical (unpaired) electrons. The van der Waals surface area contributed by atoms with Crippen molar-refractivity contribution in [2.45, 2.75) is 38.2 Å². The lowest BCUT2D eigenvalue weighted by atomic mass is 9.95. The molecule has 0 spiro atoms. The first-order chi connectivity index (χ1) is 8.75. The molecule has 1 fully saturated rings. The topological polar surface area (TPSA) is 70.0 Å². The van der Waals surface area contributed by atoms with Crippen LogP contribution < -0.4 is 0 Å². The van der Waals surface area contributed by atoms with E-state index in [-0.39, 0.29) is 6.54 Å². The van der Waals surface area contributed by atoms with Crippen LogP contribution >= 0.6 is 0 Å². The van der Waals surface area contributed by atoms with Crippen LogP contribution in [0.25, 0.3) is 0 Å². The predicted molar refractivity (Wildman–Crippen MR) is 69.3 cm³/mol. The minimum Gasteiger partial charge on any atom is -0.438 e. The molecule has 0 saturated carbocycles. The van der Waals surface area contributed by atoms with Crippen molar-refractivity contribution < 1.29 is 19.7 Å². The van der Waals surface area contributed by atoms with E-state index >= 15 is 0 Å². The van der Waals surface area contributed by atoms with Crippen LogP contribution in [0.3, 0.4) is 0 Å². The van der Waals surface area contributed by atoms with Gasteiger partial charge in [-0.05, 0) is 26.3 Å². The monoisotopic (exact) mass is 265 g/mol. The van der Waals surface area contributed by atoms with Crippen LogP contribution in [-0.4, -0.2) is 39.1 Å². The van der Waals surface area contributed by atoms with Gasteiger partial charge in [0.25, 0.3) is 0 Å². The molecule has 1 aromatic carbocycles. The first-order valence-electron chi connectivity index (χ1n) is 6.22. The number of carbonyl (C=O) groups excluding carboxylic acids is 1. The second-order valence-electron chi connectivity index (χ2n) is 5.44. The summed E-state index contributed by atoms with van der Waals surface area (Å²) in [5.74, 6) is 0. The van der Waals surface area contributed by atoms with Gasteiger partial charge in [-0.25, -0.2) is 4.79 Å². The lowest BCUT2D eigenvalue weighted by molar-refractivity contribution is -0.133. The van der Waals surface area contributed by atoms with E-state index in [2.05, 4.69) is 0 Å². The van der Waals surface area contributed by atoms with E-state index in [4.69, 9.17) is 4.74 Å². The molecule has 1 heterocycles. The summed E-state index contributed by atoms with van der Waals surface area (Å²) in [6.45, 7) is 4.77. The number of rotatable bonds is 3. The number of hydrogen-bond donors (Lipinski definition) is 2. The number of cyclic esters (lactones) is 1. The average Bonchev–Trinajstić information content (AvgIpc) is 2.49. The molecule has 19 heavy (non-hydrogen) atoms. The number of benzene rings is 1. The first-order valence-corrected chi connectivity index (χ1v) is 6.22. The Morgan fingerprint density at radius 2 is 1.84 bits per heavy atom. The maximum atomic E-state index is 11.8. The highest BCUT2D eigenvalue weighted by molar-refractivity contribution is 5.72. The van der Waals surface area contributed by atoms with Gasteiger partial charge < -0.3 is 14.9 Å². The molecule has 1 amide bonds. The maximum Gasteiger partial charge on any atom is 0.412 e. The molecule has 0 aromatic heterocycles. The van der Waals surface area contributed by atoms with Crippen LogP contribution in [-0.2, 0) is 4.74 Å². The van der Waals surface area contributed by atoms with Crippen molar-refractivity contribution in [2.24, 2.45) is 0 Å². The highest BCUT2D eigenvalue weighted by Gasteiger charge is 2.56. The number of hydrogen-bond acceptors (Lipinski definition) is 4. The van der Waals surface area contributed by atoms with Crippen molar-refractivity contribution in [1.82, 2.24) is 4.90 Å². The van der Waals surface area contributed by atoms with Gasteiger partial charge in [-0.2, -0.15) is 0 Å². The fraction of sp³-hybridized carbons (Fsp3) is 0.500. The Bertz CT molecular complexity index is 470. The number of amides is 1. The van der Waals surface area contributed by atoms with E-state index in [0.29, 0.717) is 5.56 Å². The van der Waals surface area contributed by atoms with Crippen LogP contribution in [0.5, 0.6) is 0 Å². The van der Waals surface area contributed by atoms with Crippen molar-refractivity contribution >= 4 is 6.09 Å². The minimum absolute atomic E-state index is 0.0146. The molecule has 1 aromatic rings. The van der Waals surface area contributed by atoms with Gasteiger partial charge in [0, 0.05) is 0 Å². The van der Waals surface area contributed by atoms with Gasteiger partial charge >= 0.3 is 6.09 Å². The van der Waals surface area contributed by atoms with E-state index in [0.717, 1.165) is 4.90 Å². The van der Waals surface area contributed by atoms with E-state index in [9.17, 15) is 15.0 Å². The molecule has 2 N–H and O–H groups in total. The smallest absolute Gasteiger partial charge is 0.412 e. The third-order valence-corrected chi connectivity index (χ3v) is 3.77. The average molecular weight is 265 g/mol. The van der Waals surface area contributed by atoms with E-state index in [1.54, 1.807) is 26.0 Å². The van der Waals surface area contributed by atoms with Crippen molar-refractivity contribution in [3.63, 3.8) is 0 Å². The van der Waals surface area contributed by atoms with Crippen molar-refractivity contribution in [2.75, 3.05) is 6.54 Å². The number of carbonyl (C=O) groups is 1. The van der Waals surface area contributed by atoms with Gasteiger partial charge in [-0.15, -0.1) is 0 Å². The molecular formula is C14H19NO4. The zero-order chi connectivity index (χ0) is 14.3. The normalized spacial score (nSPS) is 27.2. The molecule has 0 bridgehead atoms. The molecular weight excluding hydrogens is 246 g/mol. The molecule has 104 valence electrons. The number of ether oxygens (including phenoxy) is 1. The lowest BCUT2D eigenvalue weighted by Gasteiger charge is -2.35. The molecule has 5 nitrogen and oxygen atoms in total. The summed E-state index contributed by atoms with van der Waals surface area (Å²) in [5.41, 5.74) is -1.78. The van der Waals surface area contributed by atoms with Crippen molar-refractivity contribution in [3.05, 3.63) is 35.9 Å². The quantitative estimate of drug-likeness (QED) is 0.872. The summed E-state index contributed by atoms with van der Waals surface area (Å²) in [5, 5.41) is 20.6. The minimum atomic E-state index is -1.46. The van der Waals surface area contributed by atoms with Crippen LogP contribution in [0.2, 0.25) is 0 Å². The van der Waals surface area contributed by atoms with Gasteiger partial charge in [0.2, 0.25) is 0 Å². The SMILES string of the molecule is CC1(C)OC(=O)N(C[C@@H](O)c2ccccc2)[C@]1(C)O. The summed E-state index contributed by atoms with van der Waals surface area (Å²) in [4.78, 5) is 13.0. The Labute approximate surface area is 112 Å². The summed E-state index contributed by atoms with van der Waals surface area (Å²) < 4.78 is 5.14. The predicted octanol–water partition coefficient (Wildman–Crippen LogP) is 1.66. The van der Waals surface area contributed by atoms with Gasteiger partial charge in [-0.3, -0.25) is 4.90 Å². The Morgan fingerprint density at radius 3 is 2.32 bits per heavy atom. The molecule has 5 heteroatoms. The van der Waals surface area contributed by atoms with Crippen LogP contribution in [0.4, 0.5) is 4.79 Å². The summed E-state index contributed by atoms with van der Waals surface area (Å²) >= 11 is 0. The Kier molecular flexibility index (Phi) is 3.28. The van der Waals surface area contributed by atoms with Crippen LogP contribution in [0.1, 0.15) is 32.4 Å². The Hall–Kier alpha value is -1.59. The van der Waals surface area contributed by atoms with E-state index < -0.39 is 23.5 Å². The third-order valence-electron chi connectivity index (χ3n) is 3.77. The Morgan fingerprint density at radius 1 is 1.26 bits per heavy atom. The zero-order valence-corrected chi connectivity index (χ0v) is 11.3. The van der Waals surface area contributed by atoms with Gasteiger partial charge in [0.05, 0.1) is 12.6 Å². The van der Waals surface area contributed by atoms with E-state index in [1.165, 1.54) is 6.92 Å². The van der Waals surface area contributed by atoms with Gasteiger partial charge in [0.1, 0.15) is 0 Å². The zero-order valence-electron chi connectivity index (χ0n) is 11.3. The molecule has 1 saturated heterocycles. The van der Waals surface area contributed by atoms with Crippen molar-refractivity contribution in [3.8, 4) is 0 Å². The lowest BCUT2D eigenvalue weighted by Crippen LogP contribution is -2.54. The first kappa shape index (κ1) is 13.8. The number of aliphatic hydroxyl groups is 2. The van der Waals surface area contributed by atoms with E-state index in [1.807, 2.05) is 18.2 Å². The molecule has 2 atom stereocenters. The Balaban J connectivity index is 2.17. The van der Waals surface area contributed by atoms with Crippen LogP contribution in [0.15, 0.2) is 30.3 Å². The molecule has 0 unspecified atom stereocenters. The molecule has 1 aliphatic heterocycles. The van der Waals surface area contributed by atoms with Crippen LogP contribution in [0, 0.1) is 0 Å². The largest absolute Gasteiger partial charge is 0.438 e. The van der Waals surface area contributed by atoms with Gasteiger partial charge in [-0.1, -0.05) is 30.3 Å². The fourth-order valence-electron chi connectivity index (χ4n) is 2.08. The fourth-order valence-corrected chi connectivity index (χ4v) is 2.08. The summed E-state index contributed by atoms with van der Waals surface area (Å²) in [6, 6.07) is 9.00. The molecule has 0 aliphatic carbocycles. The second kappa shape index (κ2) is 4.51. The van der Waals surface area contributed by atoms with Crippen molar-refractivity contribution in [1.29, 1.82) is 0 Å². The number of aliphatic hydroxyl groups excluding tert-OH is 1. The summed E-state index contributed by atoms with van der Waals surface area (Å²) in [6.07, 6.45) is -1.49. The second-order valence-corrected chi connectivity index (χ2v) is 5.44. The van der Waals surface area contributed by atoms with Gasteiger partial charge in [0.15, 0.2) is 11.3 Å². The maximum absolute atomic E-state index is 11.8. The molecule has 2 rings (SSSR count). The highest BCUT2D eigenvalue weighted by Crippen LogP contribution is 2.37. The molecule has 1 aliphatic rings.